The number of nitrogens with zero attached hydrogens (tertiary/aromatic N) is 2. The number of fused-ring (bicyclic) bond motifs is 1. The summed E-state index contributed by atoms with van der Waals surface area (Å²) in [7, 11) is 0. The fraction of sp³-hybridized carbons (Fsp3) is 0.238. The highest BCUT2D eigenvalue weighted by atomic mass is 16.5. The van der Waals surface area contributed by atoms with Crippen LogP contribution in [-0.4, -0.2) is 30.5 Å². The lowest BCUT2D eigenvalue weighted by molar-refractivity contribution is 0.112. The SMILES string of the molecule is O=Cc1ccc(OC[C@@H]2CCCN2c2ccc3ccccc3n2)cc1. The van der Waals surface area contributed by atoms with Crippen molar-refractivity contribution in [1.82, 2.24) is 4.98 Å². The van der Waals surface area contributed by atoms with E-state index in [1.54, 1.807) is 12.1 Å². The largest absolute Gasteiger partial charge is 0.491 e. The number of rotatable bonds is 5. The number of carbonyl (C=O) groups excluding carboxylic acids is 1. The predicted molar refractivity (Wildman–Crippen MR) is 99.4 cm³/mol. The highest BCUT2D eigenvalue weighted by Crippen LogP contribution is 2.26. The maximum absolute atomic E-state index is 10.7. The number of aldehydes is 1. The van der Waals surface area contributed by atoms with Crippen molar-refractivity contribution in [3.63, 3.8) is 0 Å². The summed E-state index contributed by atoms with van der Waals surface area (Å²) in [6.07, 6.45) is 3.08. The number of hydrogen-bond acceptors (Lipinski definition) is 4. The number of pyridine rings is 1. The van der Waals surface area contributed by atoms with Crippen LogP contribution in [0.4, 0.5) is 5.82 Å². The van der Waals surface area contributed by atoms with E-state index in [9.17, 15) is 4.79 Å². The molecule has 0 aliphatic carbocycles. The summed E-state index contributed by atoms with van der Waals surface area (Å²) < 4.78 is 5.94. The first-order valence-electron chi connectivity index (χ1n) is 8.64. The van der Waals surface area contributed by atoms with Gasteiger partial charge in [-0.25, -0.2) is 4.98 Å². The maximum atomic E-state index is 10.7. The molecule has 2 aromatic carbocycles. The van der Waals surface area contributed by atoms with Gasteiger partial charge in [-0.3, -0.25) is 4.79 Å². The number of hydrogen-bond donors (Lipinski definition) is 0. The zero-order valence-corrected chi connectivity index (χ0v) is 14.0. The fourth-order valence-electron chi connectivity index (χ4n) is 3.36. The summed E-state index contributed by atoms with van der Waals surface area (Å²) in [5.74, 6) is 1.81. The monoisotopic (exact) mass is 332 g/mol. The van der Waals surface area contributed by atoms with Crippen LogP contribution in [0.25, 0.3) is 10.9 Å². The van der Waals surface area contributed by atoms with Crippen LogP contribution in [-0.2, 0) is 0 Å². The summed E-state index contributed by atoms with van der Waals surface area (Å²) in [6, 6.07) is 20.0. The van der Waals surface area contributed by atoms with E-state index in [1.807, 2.05) is 24.3 Å². The van der Waals surface area contributed by atoms with Crippen molar-refractivity contribution in [2.45, 2.75) is 18.9 Å². The first-order chi connectivity index (χ1) is 12.3. The minimum absolute atomic E-state index is 0.319. The second kappa shape index (κ2) is 6.93. The topological polar surface area (TPSA) is 42.4 Å². The van der Waals surface area contributed by atoms with Crippen LogP contribution in [0.15, 0.2) is 60.7 Å². The van der Waals surface area contributed by atoms with Gasteiger partial charge in [-0.15, -0.1) is 0 Å². The van der Waals surface area contributed by atoms with Crippen LogP contribution in [0.1, 0.15) is 23.2 Å². The number of aromatic nitrogens is 1. The Hall–Kier alpha value is -2.88. The molecule has 2 heterocycles. The third-order valence-electron chi connectivity index (χ3n) is 4.71. The Morgan fingerprint density at radius 3 is 2.76 bits per heavy atom. The van der Waals surface area contributed by atoms with Crippen LogP contribution in [0.2, 0.25) is 0 Å². The normalized spacial score (nSPS) is 17.0. The summed E-state index contributed by atoms with van der Waals surface area (Å²) in [4.78, 5) is 17.9. The Morgan fingerprint density at radius 1 is 1.08 bits per heavy atom. The number of benzene rings is 2. The molecule has 4 rings (SSSR count). The molecule has 4 nitrogen and oxygen atoms in total. The summed E-state index contributed by atoms with van der Waals surface area (Å²) in [5, 5.41) is 1.16. The molecule has 1 aromatic heterocycles. The molecule has 0 unspecified atom stereocenters. The van der Waals surface area contributed by atoms with E-state index >= 15 is 0 Å². The van der Waals surface area contributed by atoms with Gasteiger partial charge in [0.05, 0.1) is 11.6 Å². The average molecular weight is 332 g/mol. The standard InChI is InChI=1S/C21H20N2O2/c24-14-16-7-10-19(11-8-16)25-15-18-5-3-13-23(18)21-12-9-17-4-1-2-6-20(17)22-21/h1-2,4,6-12,14,18H,3,5,13,15H2/t18-/m0/s1. The number of carbonyl (C=O) groups is 1. The Labute approximate surface area is 147 Å². The molecule has 0 N–H and O–H groups in total. The lowest BCUT2D eigenvalue weighted by Gasteiger charge is -2.26. The summed E-state index contributed by atoms with van der Waals surface area (Å²) >= 11 is 0. The van der Waals surface area contributed by atoms with Crippen LogP contribution in [0.3, 0.4) is 0 Å². The Balaban J connectivity index is 1.48. The molecule has 0 bridgehead atoms. The van der Waals surface area contributed by atoms with Crippen LogP contribution < -0.4 is 9.64 Å². The number of ether oxygens (including phenoxy) is 1. The molecule has 1 aliphatic rings. The quantitative estimate of drug-likeness (QED) is 0.660. The zero-order valence-electron chi connectivity index (χ0n) is 14.0. The van der Waals surface area contributed by atoms with Crippen molar-refractivity contribution in [2.75, 3.05) is 18.1 Å². The molecule has 126 valence electrons. The third-order valence-corrected chi connectivity index (χ3v) is 4.71. The molecule has 1 fully saturated rings. The highest BCUT2D eigenvalue weighted by molar-refractivity contribution is 5.80. The highest BCUT2D eigenvalue weighted by Gasteiger charge is 2.26. The molecule has 0 radical (unpaired) electrons. The molecular formula is C21H20N2O2. The third kappa shape index (κ3) is 3.33. The second-order valence-electron chi connectivity index (χ2n) is 6.35. The van der Waals surface area contributed by atoms with Gasteiger partial charge in [0.1, 0.15) is 24.5 Å². The minimum atomic E-state index is 0.319. The van der Waals surface area contributed by atoms with Crippen molar-refractivity contribution in [2.24, 2.45) is 0 Å². The van der Waals surface area contributed by atoms with E-state index in [2.05, 4.69) is 29.2 Å². The molecule has 25 heavy (non-hydrogen) atoms. The first kappa shape index (κ1) is 15.6. The van der Waals surface area contributed by atoms with Crippen LogP contribution in [0.5, 0.6) is 5.75 Å². The van der Waals surface area contributed by atoms with E-state index in [0.717, 1.165) is 48.1 Å². The summed E-state index contributed by atoms with van der Waals surface area (Å²) in [5.41, 5.74) is 1.69. The van der Waals surface area contributed by atoms with Crippen molar-refractivity contribution < 1.29 is 9.53 Å². The van der Waals surface area contributed by atoms with Crippen molar-refractivity contribution in [3.8, 4) is 5.75 Å². The van der Waals surface area contributed by atoms with E-state index in [4.69, 9.17) is 9.72 Å². The molecular weight excluding hydrogens is 312 g/mol. The molecule has 4 heteroatoms. The van der Waals surface area contributed by atoms with E-state index in [1.165, 1.54) is 0 Å². The van der Waals surface area contributed by atoms with Crippen LogP contribution in [0, 0.1) is 0 Å². The number of anilines is 1. The van der Waals surface area contributed by atoms with E-state index in [0.29, 0.717) is 18.2 Å². The predicted octanol–water partition coefficient (Wildman–Crippen LogP) is 4.10. The van der Waals surface area contributed by atoms with Gasteiger partial charge in [0.2, 0.25) is 0 Å². The smallest absolute Gasteiger partial charge is 0.150 e. The van der Waals surface area contributed by atoms with Gasteiger partial charge in [-0.1, -0.05) is 18.2 Å². The van der Waals surface area contributed by atoms with E-state index < -0.39 is 0 Å². The van der Waals surface area contributed by atoms with Gasteiger partial charge >= 0.3 is 0 Å². The van der Waals surface area contributed by atoms with Gasteiger partial charge < -0.3 is 9.64 Å². The molecule has 0 amide bonds. The van der Waals surface area contributed by atoms with Crippen molar-refractivity contribution in [3.05, 3.63) is 66.2 Å². The van der Waals surface area contributed by atoms with E-state index in [-0.39, 0.29) is 0 Å². The lowest BCUT2D eigenvalue weighted by Crippen LogP contribution is -2.34. The lowest BCUT2D eigenvalue weighted by atomic mass is 10.2. The molecule has 1 saturated heterocycles. The molecule has 3 aromatic rings. The maximum Gasteiger partial charge on any atom is 0.150 e. The minimum Gasteiger partial charge on any atom is -0.491 e. The van der Waals surface area contributed by atoms with Crippen molar-refractivity contribution >= 4 is 23.0 Å². The first-order valence-corrected chi connectivity index (χ1v) is 8.64. The average Bonchev–Trinajstić information content (AvgIpc) is 3.15. The van der Waals surface area contributed by atoms with Crippen LogP contribution >= 0.6 is 0 Å². The van der Waals surface area contributed by atoms with Gasteiger partial charge in [0.25, 0.3) is 0 Å². The number of para-hydroxylation sites is 1. The Kier molecular flexibility index (Phi) is 4.34. The zero-order chi connectivity index (χ0) is 17.1. The Bertz CT molecular complexity index is 876. The van der Waals surface area contributed by atoms with Gasteiger partial charge in [-0.2, -0.15) is 0 Å². The molecule has 1 aliphatic heterocycles. The second-order valence-corrected chi connectivity index (χ2v) is 6.35. The molecule has 0 spiro atoms. The van der Waals surface area contributed by atoms with Gasteiger partial charge in [0, 0.05) is 17.5 Å². The molecule has 1 atom stereocenters. The van der Waals surface area contributed by atoms with Gasteiger partial charge in [-0.05, 0) is 55.3 Å². The van der Waals surface area contributed by atoms with Gasteiger partial charge in [0.15, 0.2) is 0 Å². The molecule has 0 saturated carbocycles. The fourth-order valence-corrected chi connectivity index (χ4v) is 3.36. The Morgan fingerprint density at radius 2 is 1.92 bits per heavy atom. The summed E-state index contributed by atoms with van der Waals surface area (Å²) in [6.45, 7) is 1.62. The van der Waals surface area contributed by atoms with Crippen molar-refractivity contribution in [1.29, 1.82) is 0 Å².